The number of nitrogen functional groups attached to an aromatic ring is 1. The highest BCUT2D eigenvalue weighted by Crippen LogP contribution is 2.25. The van der Waals surface area contributed by atoms with E-state index in [1.807, 2.05) is 38.1 Å². The van der Waals surface area contributed by atoms with Crippen LogP contribution in [0.5, 0.6) is 0 Å². The zero-order chi connectivity index (χ0) is 22.4. The van der Waals surface area contributed by atoms with Gasteiger partial charge in [-0.25, -0.2) is 19.0 Å². The summed E-state index contributed by atoms with van der Waals surface area (Å²) in [4.78, 5) is 22.1. The van der Waals surface area contributed by atoms with Gasteiger partial charge in [0.25, 0.3) is 5.56 Å². The van der Waals surface area contributed by atoms with E-state index in [1.165, 1.54) is 17.0 Å². The minimum Gasteiger partial charge on any atom is -0.383 e. The summed E-state index contributed by atoms with van der Waals surface area (Å²) in [5, 5.41) is 6.73. The smallest absolute Gasteiger partial charge is 0.263 e. The van der Waals surface area contributed by atoms with Gasteiger partial charge in [-0.3, -0.25) is 9.36 Å². The van der Waals surface area contributed by atoms with Crippen LogP contribution in [0.4, 0.5) is 10.2 Å². The lowest BCUT2D eigenvalue weighted by molar-refractivity contribution is 0.605. The van der Waals surface area contributed by atoms with Gasteiger partial charge in [0.05, 0.1) is 28.7 Å². The van der Waals surface area contributed by atoms with Gasteiger partial charge in [-0.2, -0.15) is 5.10 Å². The van der Waals surface area contributed by atoms with Gasteiger partial charge in [-0.05, 0) is 42.5 Å². The molecule has 8 heteroatoms. The number of nitrogens with zero attached hydrogens (tertiary/aromatic N) is 5. The second kappa shape index (κ2) is 7.56. The van der Waals surface area contributed by atoms with Gasteiger partial charge in [0.2, 0.25) is 0 Å². The van der Waals surface area contributed by atoms with Gasteiger partial charge in [-0.1, -0.05) is 37.3 Å². The van der Waals surface area contributed by atoms with Crippen LogP contribution in [0.3, 0.4) is 0 Å². The molecule has 5 rings (SSSR count). The minimum absolute atomic E-state index is 0.193. The molecule has 7 nitrogen and oxygen atoms in total. The average Bonchev–Trinajstić information content (AvgIpc) is 3.14. The fourth-order valence-electron chi connectivity index (χ4n) is 4.22. The normalized spacial score (nSPS) is 11.5. The van der Waals surface area contributed by atoms with Crippen molar-refractivity contribution in [3.8, 4) is 5.69 Å². The number of pyridine rings is 1. The molecule has 0 aliphatic rings. The molecule has 0 amide bonds. The van der Waals surface area contributed by atoms with Crippen molar-refractivity contribution in [1.82, 2.24) is 24.3 Å². The Hall–Kier alpha value is -4.07. The number of rotatable bonds is 4. The standard InChI is InChI=1S/C24H21FN6O/c1-3-18-21-22(26)27-13-28-23(21)30(29-18)12-16-11-15-8-6-7-14(2)20(15)24(32)31(16)19-10-5-4-9-17(19)25/h4-11,13H,3,12H2,1-2H3,(H2,26,27,28). The van der Waals surface area contributed by atoms with Crippen LogP contribution in [0.2, 0.25) is 0 Å². The first-order valence-electron chi connectivity index (χ1n) is 10.3. The van der Waals surface area contributed by atoms with E-state index >= 15 is 0 Å². The molecule has 0 saturated carbocycles. The number of halogens is 1. The summed E-state index contributed by atoms with van der Waals surface area (Å²) in [5.74, 6) is -0.117. The highest BCUT2D eigenvalue weighted by Gasteiger charge is 2.19. The SMILES string of the molecule is CCc1nn(Cc2cc3cccc(C)c3c(=O)n2-c2ccccc2F)c2ncnc(N)c12. The zero-order valence-electron chi connectivity index (χ0n) is 17.7. The average molecular weight is 428 g/mol. The van der Waals surface area contributed by atoms with Crippen molar-refractivity contribution in [2.24, 2.45) is 0 Å². The third kappa shape index (κ3) is 3.03. The van der Waals surface area contributed by atoms with E-state index in [0.29, 0.717) is 34.4 Å². The Morgan fingerprint density at radius 2 is 1.88 bits per heavy atom. The third-order valence-electron chi connectivity index (χ3n) is 5.70. The molecule has 3 heterocycles. The van der Waals surface area contributed by atoms with Gasteiger partial charge in [0.15, 0.2) is 5.65 Å². The lowest BCUT2D eigenvalue weighted by atomic mass is 10.1. The Kier molecular flexibility index (Phi) is 4.70. The number of hydrogen-bond donors (Lipinski definition) is 1. The summed E-state index contributed by atoms with van der Waals surface area (Å²) in [5.41, 5.74) is 8.77. The second-order valence-electron chi connectivity index (χ2n) is 7.68. The molecule has 0 atom stereocenters. The number of nitrogens with two attached hydrogens (primary N) is 1. The molecule has 0 bridgehead atoms. The predicted molar refractivity (Wildman–Crippen MR) is 122 cm³/mol. The van der Waals surface area contributed by atoms with Crippen molar-refractivity contribution in [3.05, 3.63) is 88.0 Å². The maximum atomic E-state index is 14.8. The second-order valence-corrected chi connectivity index (χ2v) is 7.68. The monoisotopic (exact) mass is 428 g/mol. The molecule has 3 aromatic heterocycles. The van der Waals surface area contributed by atoms with E-state index < -0.39 is 5.82 Å². The van der Waals surface area contributed by atoms with Crippen LogP contribution in [0.15, 0.2) is 59.7 Å². The number of anilines is 1. The Morgan fingerprint density at radius 1 is 1.06 bits per heavy atom. The molecule has 0 aliphatic carbocycles. The summed E-state index contributed by atoms with van der Waals surface area (Å²) >= 11 is 0. The summed E-state index contributed by atoms with van der Waals surface area (Å²) in [7, 11) is 0. The summed E-state index contributed by atoms with van der Waals surface area (Å²) in [6, 6.07) is 13.8. The summed E-state index contributed by atoms with van der Waals surface area (Å²) in [6.45, 7) is 4.07. The molecule has 160 valence electrons. The Balaban J connectivity index is 1.81. The Morgan fingerprint density at radius 3 is 2.66 bits per heavy atom. The van der Waals surface area contributed by atoms with Crippen LogP contribution < -0.4 is 11.3 Å². The first-order valence-corrected chi connectivity index (χ1v) is 10.3. The maximum Gasteiger partial charge on any atom is 0.263 e. The Bertz CT molecular complexity index is 1550. The molecule has 32 heavy (non-hydrogen) atoms. The van der Waals surface area contributed by atoms with Crippen LogP contribution in [-0.2, 0) is 13.0 Å². The highest BCUT2D eigenvalue weighted by molar-refractivity contribution is 5.88. The van der Waals surface area contributed by atoms with Gasteiger partial charge in [0.1, 0.15) is 18.0 Å². The lowest BCUT2D eigenvalue weighted by Gasteiger charge is -2.16. The van der Waals surface area contributed by atoms with Crippen molar-refractivity contribution < 1.29 is 4.39 Å². The molecule has 0 unspecified atom stereocenters. The first-order chi connectivity index (χ1) is 15.5. The number of aryl methyl sites for hydroxylation is 2. The van der Waals surface area contributed by atoms with E-state index in [9.17, 15) is 9.18 Å². The van der Waals surface area contributed by atoms with Crippen LogP contribution in [0.25, 0.3) is 27.5 Å². The fraction of sp³-hybridized carbons (Fsp3) is 0.167. The minimum atomic E-state index is -0.477. The molecule has 2 aromatic carbocycles. The third-order valence-corrected chi connectivity index (χ3v) is 5.70. The van der Waals surface area contributed by atoms with Crippen LogP contribution >= 0.6 is 0 Å². The number of fused-ring (bicyclic) bond motifs is 2. The number of aromatic nitrogens is 5. The maximum absolute atomic E-state index is 14.8. The van der Waals surface area contributed by atoms with Crippen LogP contribution in [-0.4, -0.2) is 24.3 Å². The number of benzene rings is 2. The van der Waals surface area contributed by atoms with Gasteiger partial charge in [-0.15, -0.1) is 0 Å². The van der Waals surface area contributed by atoms with Crippen molar-refractivity contribution in [1.29, 1.82) is 0 Å². The molecule has 0 spiro atoms. The van der Waals surface area contributed by atoms with E-state index in [2.05, 4.69) is 15.1 Å². The quantitative estimate of drug-likeness (QED) is 0.470. The number of para-hydroxylation sites is 1. The molecule has 5 aromatic rings. The Labute approximate surface area is 183 Å². The lowest BCUT2D eigenvalue weighted by Crippen LogP contribution is -2.25. The van der Waals surface area contributed by atoms with Gasteiger partial charge >= 0.3 is 0 Å². The van der Waals surface area contributed by atoms with E-state index in [-0.39, 0.29) is 17.8 Å². The van der Waals surface area contributed by atoms with Gasteiger partial charge < -0.3 is 5.73 Å². The van der Waals surface area contributed by atoms with Gasteiger partial charge in [0, 0.05) is 5.69 Å². The predicted octanol–water partition coefficient (Wildman–Crippen LogP) is 3.77. The largest absolute Gasteiger partial charge is 0.383 e. The van der Waals surface area contributed by atoms with E-state index in [4.69, 9.17) is 5.73 Å². The number of hydrogen-bond acceptors (Lipinski definition) is 5. The zero-order valence-corrected chi connectivity index (χ0v) is 17.7. The molecule has 0 radical (unpaired) electrons. The van der Waals surface area contributed by atoms with Crippen molar-refractivity contribution in [3.63, 3.8) is 0 Å². The fourth-order valence-corrected chi connectivity index (χ4v) is 4.22. The topological polar surface area (TPSA) is 91.6 Å². The van der Waals surface area contributed by atoms with Crippen molar-refractivity contribution >= 4 is 27.6 Å². The first kappa shape index (κ1) is 19.9. The van der Waals surface area contributed by atoms with E-state index in [1.54, 1.807) is 22.9 Å². The molecular formula is C24H21FN6O. The van der Waals surface area contributed by atoms with E-state index in [0.717, 1.165) is 16.6 Å². The molecular weight excluding hydrogens is 407 g/mol. The van der Waals surface area contributed by atoms with Crippen LogP contribution in [0.1, 0.15) is 23.9 Å². The molecule has 0 aliphatic heterocycles. The summed E-state index contributed by atoms with van der Waals surface area (Å²) < 4.78 is 17.9. The highest BCUT2D eigenvalue weighted by atomic mass is 19.1. The van der Waals surface area contributed by atoms with Crippen molar-refractivity contribution in [2.75, 3.05) is 5.73 Å². The van der Waals surface area contributed by atoms with Crippen LogP contribution in [0, 0.1) is 12.7 Å². The molecule has 0 saturated heterocycles. The van der Waals surface area contributed by atoms with Crippen molar-refractivity contribution in [2.45, 2.75) is 26.8 Å². The summed E-state index contributed by atoms with van der Waals surface area (Å²) in [6.07, 6.45) is 2.04. The molecule has 2 N–H and O–H groups in total. The molecule has 0 fully saturated rings.